The van der Waals surface area contributed by atoms with Crippen molar-refractivity contribution in [2.45, 2.75) is 0 Å². The number of halogens is 1. The smallest absolute Gasteiger partial charge is 0.116 e. The van der Waals surface area contributed by atoms with Crippen molar-refractivity contribution in [1.29, 1.82) is 0 Å². The summed E-state index contributed by atoms with van der Waals surface area (Å²) in [5.41, 5.74) is 1.00. The van der Waals surface area contributed by atoms with E-state index in [0.717, 1.165) is 14.7 Å². The fourth-order valence-corrected chi connectivity index (χ4v) is 2.22. The molecule has 0 saturated heterocycles. The topological polar surface area (TPSA) is 25.8 Å². The highest BCUT2D eigenvalue weighted by atomic mass is 79.9. The zero-order valence-corrected chi connectivity index (χ0v) is 7.32. The maximum absolute atomic E-state index is 4.09. The molecule has 0 aliphatic rings. The Hall–Kier alpha value is -0.480. The number of nitrogens with zero attached hydrogens (tertiary/aromatic N) is 2. The van der Waals surface area contributed by atoms with Crippen LogP contribution < -0.4 is 0 Å². The molecule has 0 aliphatic heterocycles. The molecule has 0 saturated carbocycles. The van der Waals surface area contributed by atoms with E-state index in [2.05, 4.69) is 25.9 Å². The Balaban J connectivity index is 2.93. The largest absolute Gasteiger partial charge is 0.243 e. The molecule has 0 amide bonds. The van der Waals surface area contributed by atoms with Crippen molar-refractivity contribution in [3.63, 3.8) is 0 Å². The summed E-state index contributed by atoms with van der Waals surface area (Å²) in [6, 6.07) is 0. The summed E-state index contributed by atoms with van der Waals surface area (Å²) >= 11 is 5.03. The third kappa shape index (κ3) is 0.839. The van der Waals surface area contributed by atoms with Crippen LogP contribution in [0, 0.1) is 0 Å². The van der Waals surface area contributed by atoms with E-state index in [1.165, 1.54) is 0 Å². The van der Waals surface area contributed by atoms with Gasteiger partial charge in [-0.1, -0.05) is 0 Å². The molecule has 2 aromatic rings. The van der Waals surface area contributed by atoms with E-state index >= 15 is 0 Å². The predicted octanol–water partition coefficient (Wildman–Crippen LogP) is 2.45. The van der Waals surface area contributed by atoms with Crippen molar-refractivity contribution in [1.82, 2.24) is 9.97 Å². The molecule has 0 fully saturated rings. The minimum Gasteiger partial charge on any atom is -0.243 e. The SMILES string of the molecule is Brc1csc2cncnc12. The van der Waals surface area contributed by atoms with Gasteiger partial charge in [0.05, 0.1) is 14.7 Å². The maximum atomic E-state index is 4.09. The van der Waals surface area contributed by atoms with Crippen molar-refractivity contribution in [3.8, 4) is 0 Å². The molecule has 2 heterocycles. The highest BCUT2D eigenvalue weighted by Gasteiger charge is 1.99. The Morgan fingerprint density at radius 2 is 2.40 bits per heavy atom. The molecule has 4 heteroatoms. The van der Waals surface area contributed by atoms with Crippen LogP contribution in [0.4, 0.5) is 0 Å². The summed E-state index contributed by atoms with van der Waals surface area (Å²) < 4.78 is 2.17. The summed E-state index contributed by atoms with van der Waals surface area (Å²) in [5.74, 6) is 0. The van der Waals surface area contributed by atoms with Crippen LogP contribution >= 0.6 is 27.3 Å². The van der Waals surface area contributed by atoms with E-state index in [9.17, 15) is 0 Å². The number of rotatable bonds is 0. The van der Waals surface area contributed by atoms with Crippen molar-refractivity contribution >= 4 is 37.5 Å². The second-order valence-corrected chi connectivity index (χ2v) is 3.58. The average molecular weight is 215 g/mol. The first-order chi connectivity index (χ1) is 4.88. The highest BCUT2D eigenvalue weighted by molar-refractivity contribution is 9.10. The lowest BCUT2D eigenvalue weighted by Crippen LogP contribution is -1.73. The predicted molar refractivity (Wildman–Crippen MR) is 45.1 cm³/mol. The normalized spacial score (nSPS) is 10.5. The minimum atomic E-state index is 1.00. The van der Waals surface area contributed by atoms with Crippen molar-refractivity contribution in [2.24, 2.45) is 0 Å². The number of aromatic nitrogens is 2. The van der Waals surface area contributed by atoms with Crippen molar-refractivity contribution in [2.75, 3.05) is 0 Å². The fourth-order valence-electron chi connectivity index (χ4n) is 0.753. The second kappa shape index (κ2) is 2.29. The average Bonchev–Trinajstić information content (AvgIpc) is 2.34. The van der Waals surface area contributed by atoms with Crippen LogP contribution in [0.15, 0.2) is 22.4 Å². The van der Waals surface area contributed by atoms with Crippen LogP contribution in [0.5, 0.6) is 0 Å². The maximum Gasteiger partial charge on any atom is 0.116 e. The first-order valence-corrected chi connectivity index (χ1v) is 4.38. The molecular formula is C6H3BrN2S. The zero-order chi connectivity index (χ0) is 6.97. The van der Waals surface area contributed by atoms with Crippen LogP contribution in [0.25, 0.3) is 10.2 Å². The monoisotopic (exact) mass is 214 g/mol. The van der Waals surface area contributed by atoms with E-state index in [1.807, 2.05) is 11.6 Å². The molecule has 0 aromatic carbocycles. The fraction of sp³-hybridized carbons (Fsp3) is 0. The van der Waals surface area contributed by atoms with E-state index in [1.54, 1.807) is 17.7 Å². The van der Waals surface area contributed by atoms with E-state index in [0.29, 0.717) is 0 Å². The molecule has 0 bridgehead atoms. The molecule has 0 atom stereocenters. The van der Waals surface area contributed by atoms with Gasteiger partial charge in [0, 0.05) is 11.6 Å². The van der Waals surface area contributed by atoms with Crippen molar-refractivity contribution < 1.29 is 0 Å². The molecular weight excluding hydrogens is 212 g/mol. The lowest BCUT2D eigenvalue weighted by Gasteiger charge is -1.84. The van der Waals surface area contributed by atoms with Crippen LogP contribution in [-0.2, 0) is 0 Å². The second-order valence-electron chi connectivity index (χ2n) is 1.82. The molecule has 10 heavy (non-hydrogen) atoms. The summed E-state index contributed by atoms with van der Waals surface area (Å²) in [6.07, 6.45) is 3.37. The number of fused-ring (bicyclic) bond motifs is 1. The minimum absolute atomic E-state index is 1.00. The van der Waals surface area contributed by atoms with Crippen LogP contribution in [-0.4, -0.2) is 9.97 Å². The Morgan fingerprint density at radius 3 is 3.20 bits per heavy atom. The number of thiophene rings is 1. The molecule has 0 aliphatic carbocycles. The van der Waals surface area contributed by atoms with Gasteiger partial charge in [0.2, 0.25) is 0 Å². The van der Waals surface area contributed by atoms with Gasteiger partial charge in [0.1, 0.15) is 6.33 Å². The van der Waals surface area contributed by atoms with Gasteiger partial charge in [-0.2, -0.15) is 0 Å². The van der Waals surface area contributed by atoms with Gasteiger partial charge in [-0.25, -0.2) is 9.97 Å². The Morgan fingerprint density at radius 1 is 1.50 bits per heavy atom. The quantitative estimate of drug-likeness (QED) is 0.674. The lowest BCUT2D eigenvalue weighted by atomic mass is 10.5. The van der Waals surface area contributed by atoms with Crippen LogP contribution in [0.1, 0.15) is 0 Å². The summed E-state index contributed by atoms with van der Waals surface area (Å²) in [5, 5.41) is 2.01. The summed E-state index contributed by atoms with van der Waals surface area (Å²) in [6.45, 7) is 0. The first-order valence-electron chi connectivity index (χ1n) is 2.70. The van der Waals surface area contributed by atoms with E-state index in [-0.39, 0.29) is 0 Å². The number of hydrogen-bond donors (Lipinski definition) is 0. The molecule has 0 spiro atoms. The highest BCUT2D eigenvalue weighted by Crippen LogP contribution is 2.26. The third-order valence-electron chi connectivity index (χ3n) is 1.19. The van der Waals surface area contributed by atoms with Gasteiger partial charge in [0.15, 0.2) is 0 Å². The Labute approximate surface area is 70.1 Å². The van der Waals surface area contributed by atoms with E-state index in [4.69, 9.17) is 0 Å². The molecule has 2 aromatic heterocycles. The molecule has 0 radical (unpaired) electrons. The summed E-state index contributed by atoms with van der Waals surface area (Å²) in [4.78, 5) is 8.00. The van der Waals surface area contributed by atoms with Gasteiger partial charge in [-0.05, 0) is 15.9 Å². The summed E-state index contributed by atoms with van der Waals surface area (Å²) in [7, 11) is 0. The van der Waals surface area contributed by atoms with Gasteiger partial charge < -0.3 is 0 Å². The zero-order valence-electron chi connectivity index (χ0n) is 4.91. The molecule has 2 nitrogen and oxygen atoms in total. The molecule has 0 N–H and O–H groups in total. The number of hydrogen-bond acceptors (Lipinski definition) is 3. The Bertz CT molecular complexity index is 357. The molecule has 2 rings (SSSR count). The Kier molecular flexibility index (Phi) is 1.43. The van der Waals surface area contributed by atoms with Crippen LogP contribution in [0.2, 0.25) is 0 Å². The third-order valence-corrected chi connectivity index (χ3v) is 3.01. The molecule has 0 unspecified atom stereocenters. The van der Waals surface area contributed by atoms with Gasteiger partial charge in [-0.15, -0.1) is 11.3 Å². The lowest BCUT2D eigenvalue weighted by molar-refractivity contribution is 1.23. The molecule has 50 valence electrons. The van der Waals surface area contributed by atoms with Crippen molar-refractivity contribution in [3.05, 3.63) is 22.4 Å². The van der Waals surface area contributed by atoms with Gasteiger partial charge in [0.25, 0.3) is 0 Å². The standard InChI is InChI=1S/C6H3BrN2S/c7-4-2-10-5-1-8-3-9-6(4)5/h1-3H. The van der Waals surface area contributed by atoms with Crippen LogP contribution in [0.3, 0.4) is 0 Å². The van der Waals surface area contributed by atoms with E-state index < -0.39 is 0 Å². The van der Waals surface area contributed by atoms with Gasteiger partial charge in [-0.3, -0.25) is 0 Å². The van der Waals surface area contributed by atoms with Gasteiger partial charge >= 0.3 is 0 Å². The first kappa shape index (κ1) is 6.24.